The maximum Gasteiger partial charge on any atom is 0.264 e. The molecule has 9 nitrogen and oxygen atoms in total. The predicted octanol–water partition coefficient (Wildman–Crippen LogP) is -0.525. The number of ether oxygens (including phenoxy) is 3. The summed E-state index contributed by atoms with van der Waals surface area (Å²) in [5.74, 6) is -0.382. The van der Waals surface area contributed by atoms with Gasteiger partial charge in [-0.2, -0.15) is 8.42 Å². The fraction of sp³-hybridized carbons (Fsp3) is 0.562. The van der Waals surface area contributed by atoms with E-state index in [1.165, 1.54) is 14.2 Å². The molecule has 4 unspecified atom stereocenters. The minimum absolute atomic E-state index is 0.0146. The van der Waals surface area contributed by atoms with Crippen LogP contribution in [0.1, 0.15) is 10.4 Å². The van der Waals surface area contributed by atoms with Crippen LogP contribution in [0.3, 0.4) is 0 Å². The smallest absolute Gasteiger partial charge is 0.264 e. The van der Waals surface area contributed by atoms with E-state index >= 15 is 0 Å². The number of rotatable bonds is 7. The second kappa shape index (κ2) is 8.89. The largest absolute Gasteiger partial charge is 0.376 e. The minimum Gasteiger partial charge on any atom is -0.376 e. The molecule has 1 fully saturated rings. The Morgan fingerprint density at radius 1 is 1.19 bits per heavy atom. The summed E-state index contributed by atoms with van der Waals surface area (Å²) in [4.78, 5) is 12.5. The molecule has 2 rings (SSSR count). The summed E-state index contributed by atoms with van der Waals surface area (Å²) < 4.78 is 44.8. The molecule has 3 N–H and O–H groups in total. The van der Waals surface area contributed by atoms with E-state index in [1.54, 1.807) is 30.3 Å². The molecule has 1 saturated heterocycles. The highest BCUT2D eigenvalue weighted by Crippen LogP contribution is 2.27. The Bertz CT molecular complexity index is 698. The number of hydrogen-bond donors (Lipinski definition) is 2. The van der Waals surface area contributed by atoms with Crippen molar-refractivity contribution in [1.29, 1.82) is 0 Å². The molecule has 5 atom stereocenters. The van der Waals surface area contributed by atoms with Crippen LogP contribution in [0.25, 0.3) is 0 Å². The normalized spacial score (nSPS) is 29.3. The van der Waals surface area contributed by atoms with Gasteiger partial charge in [0, 0.05) is 26.3 Å². The molecule has 0 aliphatic carbocycles. The van der Waals surface area contributed by atoms with Crippen molar-refractivity contribution in [3.63, 3.8) is 0 Å². The van der Waals surface area contributed by atoms with E-state index in [0.29, 0.717) is 5.56 Å². The highest BCUT2D eigenvalue weighted by atomic mass is 32.2. The van der Waals surface area contributed by atoms with E-state index in [-0.39, 0.29) is 12.5 Å². The van der Waals surface area contributed by atoms with Gasteiger partial charge in [-0.1, -0.05) is 18.2 Å². The van der Waals surface area contributed by atoms with Crippen molar-refractivity contribution in [2.24, 2.45) is 5.73 Å². The maximum absolute atomic E-state index is 12.5. The first kappa shape index (κ1) is 20.7. The van der Waals surface area contributed by atoms with Gasteiger partial charge in [0.05, 0.1) is 6.26 Å². The molecule has 0 bridgehead atoms. The Hall–Kier alpha value is -1.56. The molecule has 0 aromatic heterocycles. The zero-order valence-electron chi connectivity index (χ0n) is 14.8. The van der Waals surface area contributed by atoms with Crippen molar-refractivity contribution in [1.82, 2.24) is 5.32 Å². The SMILES string of the molecule is COC1OC(CN)[C@@H](OS(C)(=O)=O)C(OC)C1NC(=O)c1ccccc1. The van der Waals surface area contributed by atoms with E-state index in [2.05, 4.69) is 5.32 Å². The zero-order chi connectivity index (χ0) is 19.3. The minimum atomic E-state index is -3.81. The Morgan fingerprint density at radius 2 is 1.85 bits per heavy atom. The first-order chi connectivity index (χ1) is 12.3. The number of benzene rings is 1. The molecule has 146 valence electrons. The molecule has 1 aromatic rings. The number of carbonyl (C=O) groups is 1. The van der Waals surface area contributed by atoms with Gasteiger partial charge >= 0.3 is 0 Å². The van der Waals surface area contributed by atoms with Crippen molar-refractivity contribution in [2.75, 3.05) is 27.0 Å². The van der Waals surface area contributed by atoms with E-state index in [4.69, 9.17) is 24.1 Å². The van der Waals surface area contributed by atoms with Crippen molar-refractivity contribution >= 4 is 16.0 Å². The van der Waals surface area contributed by atoms with Gasteiger partial charge in [-0.15, -0.1) is 0 Å². The van der Waals surface area contributed by atoms with Crippen LogP contribution in [0, 0.1) is 0 Å². The molecule has 1 aromatic carbocycles. The average molecular weight is 388 g/mol. The summed E-state index contributed by atoms with van der Waals surface area (Å²) in [5.41, 5.74) is 6.12. The molecule has 26 heavy (non-hydrogen) atoms. The van der Waals surface area contributed by atoms with Crippen LogP contribution in [0.4, 0.5) is 0 Å². The van der Waals surface area contributed by atoms with Crippen molar-refractivity contribution in [3.8, 4) is 0 Å². The summed E-state index contributed by atoms with van der Waals surface area (Å²) in [5, 5.41) is 2.77. The van der Waals surface area contributed by atoms with Crippen LogP contribution in [-0.4, -0.2) is 72.0 Å². The summed E-state index contributed by atoms with van der Waals surface area (Å²) in [6.45, 7) is -0.0146. The lowest BCUT2D eigenvalue weighted by molar-refractivity contribution is -0.251. The molecule has 1 aliphatic rings. The standard InChI is InChI=1S/C16H24N2O7S/c1-22-14-12(18-15(19)10-7-5-4-6-8-10)16(23-2)24-11(9-17)13(14)25-26(3,20)21/h4-8,11-14,16H,9,17H2,1-3H3,(H,18,19)/t11?,12?,13-,14?,16?/m1/s1. The topological polar surface area (TPSA) is 126 Å². The molecular weight excluding hydrogens is 364 g/mol. The van der Waals surface area contributed by atoms with Crippen LogP contribution in [-0.2, 0) is 28.5 Å². The maximum atomic E-state index is 12.5. The first-order valence-electron chi connectivity index (χ1n) is 7.96. The summed E-state index contributed by atoms with van der Waals surface area (Å²) >= 11 is 0. The third-order valence-corrected chi connectivity index (χ3v) is 4.57. The summed E-state index contributed by atoms with van der Waals surface area (Å²) in [7, 11) is -1.01. The average Bonchev–Trinajstić information content (AvgIpc) is 2.61. The number of methoxy groups -OCH3 is 2. The van der Waals surface area contributed by atoms with Crippen LogP contribution in [0.5, 0.6) is 0 Å². The number of nitrogens with one attached hydrogen (secondary N) is 1. The molecule has 1 heterocycles. The summed E-state index contributed by atoms with van der Waals surface area (Å²) in [6, 6.07) is 7.73. The molecule has 0 spiro atoms. The van der Waals surface area contributed by atoms with Gasteiger partial charge in [0.1, 0.15) is 24.4 Å². The van der Waals surface area contributed by atoms with Gasteiger partial charge in [-0.3, -0.25) is 8.98 Å². The van der Waals surface area contributed by atoms with Crippen LogP contribution in [0.15, 0.2) is 30.3 Å². The van der Waals surface area contributed by atoms with Crippen LogP contribution in [0.2, 0.25) is 0 Å². The predicted molar refractivity (Wildman–Crippen MR) is 92.9 cm³/mol. The highest BCUT2D eigenvalue weighted by Gasteiger charge is 2.49. The van der Waals surface area contributed by atoms with Crippen LogP contribution < -0.4 is 11.1 Å². The van der Waals surface area contributed by atoms with E-state index < -0.39 is 40.8 Å². The Labute approximate surface area is 152 Å². The number of amides is 1. The van der Waals surface area contributed by atoms with Gasteiger partial charge in [0.15, 0.2) is 6.29 Å². The molecule has 0 saturated carbocycles. The number of carbonyl (C=O) groups excluding carboxylic acids is 1. The van der Waals surface area contributed by atoms with E-state index in [9.17, 15) is 13.2 Å². The quantitative estimate of drug-likeness (QED) is 0.597. The first-order valence-corrected chi connectivity index (χ1v) is 9.77. The molecule has 1 amide bonds. The second-order valence-electron chi connectivity index (χ2n) is 5.84. The van der Waals surface area contributed by atoms with E-state index in [0.717, 1.165) is 6.26 Å². The Kier molecular flexibility index (Phi) is 7.09. The molecular formula is C16H24N2O7S. The lowest BCUT2D eigenvalue weighted by Gasteiger charge is -2.44. The fourth-order valence-electron chi connectivity index (χ4n) is 2.87. The van der Waals surface area contributed by atoms with Crippen molar-refractivity contribution in [3.05, 3.63) is 35.9 Å². The van der Waals surface area contributed by atoms with Gasteiger partial charge in [-0.25, -0.2) is 0 Å². The molecule has 10 heteroatoms. The summed E-state index contributed by atoms with van der Waals surface area (Å²) in [6.07, 6.45) is -2.64. The molecule has 0 radical (unpaired) electrons. The number of hydrogen-bond acceptors (Lipinski definition) is 8. The highest BCUT2D eigenvalue weighted by molar-refractivity contribution is 7.86. The van der Waals surface area contributed by atoms with E-state index in [1.807, 2.05) is 0 Å². The molecule has 1 aliphatic heterocycles. The monoisotopic (exact) mass is 388 g/mol. The number of nitrogens with two attached hydrogens (primary N) is 1. The fourth-order valence-corrected chi connectivity index (χ4v) is 3.51. The lowest BCUT2D eigenvalue weighted by Crippen LogP contribution is -2.66. The zero-order valence-corrected chi connectivity index (χ0v) is 15.6. The third kappa shape index (κ3) is 5.00. The second-order valence-corrected chi connectivity index (χ2v) is 7.45. The lowest BCUT2D eigenvalue weighted by atomic mass is 9.96. The third-order valence-electron chi connectivity index (χ3n) is 4.00. The van der Waals surface area contributed by atoms with Crippen molar-refractivity contribution in [2.45, 2.75) is 30.6 Å². The van der Waals surface area contributed by atoms with Gasteiger partial charge in [-0.05, 0) is 12.1 Å². The Morgan fingerprint density at radius 3 is 2.35 bits per heavy atom. The van der Waals surface area contributed by atoms with Gasteiger partial charge < -0.3 is 25.3 Å². The van der Waals surface area contributed by atoms with Gasteiger partial charge in [0.2, 0.25) is 0 Å². The van der Waals surface area contributed by atoms with Crippen molar-refractivity contribution < 1.29 is 31.6 Å². The Balaban J connectivity index is 2.29. The van der Waals surface area contributed by atoms with Gasteiger partial charge in [0.25, 0.3) is 16.0 Å². The van der Waals surface area contributed by atoms with Crippen LogP contribution >= 0.6 is 0 Å².